The SMILES string of the molecule is CC(C)CC(CN)C(=O)N1CCC[C@@H]1C(=O)O. The van der Waals surface area contributed by atoms with Crippen molar-refractivity contribution in [2.24, 2.45) is 17.6 Å². The maximum absolute atomic E-state index is 12.2. The lowest BCUT2D eigenvalue weighted by atomic mass is 9.95. The normalized spacial score (nSPS) is 21.9. The molecular formula is C12H22N2O3. The Labute approximate surface area is 102 Å². The second-order valence-corrected chi connectivity index (χ2v) is 5.09. The van der Waals surface area contributed by atoms with Gasteiger partial charge in [-0.3, -0.25) is 4.79 Å². The van der Waals surface area contributed by atoms with E-state index in [4.69, 9.17) is 10.8 Å². The smallest absolute Gasteiger partial charge is 0.326 e. The van der Waals surface area contributed by atoms with Gasteiger partial charge in [-0.25, -0.2) is 4.79 Å². The van der Waals surface area contributed by atoms with Crippen molar-refractivity contribution in [3.05, 3.63) is 0 Å². The van der Waals surface area contributed by atoms with Crippen molar-refractivity contribution < 1.29 is 14.7 Å². The fourth-order valence-corrected chi connectivity index (χ4v) is 2.39. The van der Waals surface area contributed by atoms with Crippen LogP contribution >= 0.6 is 0 Å². The van der Waals surface area contributed by atoms with E-state index in [1.165, 1.54) is 4.90 Å². The molecule has 1 saturated heterocycles. The molecule has 1 fully saturated rings. The minimum absolute atomic E-state index is 0.0916. The summed E-state index contributed by atoms with van der Waals surface area (Å²) in [4.78, 5) is 24.7. The molecule has 0 aliphatic carbocycles. The Morgan fingerprint density at radius 2 is 2.12 bits per heavy atom. The number of carbonyl (C=O) groups is 2. The summed E-state index contributed by atoms with van der Waals surface area (Å²) in [6, 6.07) is -0.649. The van der Waals surface area contributed by atoms with Gasteiger partial charge in [-0.05, 0) is 25.2 Å². The van der Waals surface area contributed by atoms with Crippen LogP contribution in [-0.2, 0) is 9.59 Å². The average Bonchev–Trinajstić information content (AvgIpc) is 2.73. The number of hydrogen-bond donors (Lipinski definition) is 2. The summed E-state index contributed by atoms with van der Waals surface area (Å²) in [7, 11) is 0. The molecule has 0 aromatic heterocycles. The molecule has 1 aliphatic heterocycles. The highest BCUT2D eigenvalue weighted by atomic mass is 16.4. The van der Waals surface area contributed by atoms with Crippen LogP contribution in [0.5, 0.6) is 0 Å². The van der Waals surface area contributed by atoms with Crippen LogP contribution in [0.4, 0.5) is 0 Å². The van der Waals surface area contributed by atoms with E-state index in [2.05, 4.69) is 0 Å². The third-order valence-electron chi connectivity index (χ3n) is 3.21. The number of amides is 1. The molecule has 0 saturated carbocycles. The lowest BCUT2D eigenvalue weighted by molar-refractivity contribution is -0.150. The van der Waals surface area contributed by atoms with Crippen molar-refractivity contribution in [1.29, 1.82) is 0 Å². The molecule has 0 spiro atoms. The number of carboxylic acids is 1. The minimum Gasteiger partial charge on any atom is -0.480 e. The third kappa shape index (κ3) is 3.43. The summed E-state index contributed by atoms with van der Waals surface area (Å²) in [5.41, 5.74) is 5.62. The summed E-state index contributed by atoms with van der Waals surface area (Å²) in [5, 5.41) is 9.04. The van der Waals surface area contributed by atoms with Gasteiger partial charge in [-0.15, -0.1) is 0 Å². The van der Waals surface area contributed by atoms with Gasteiger partial charge in [0, 0.05) is 13.1 Å². The maximum atomic E-state index is 12.2. The first-order valence-corrected chi connectivity index (χ1v) is 6.20. The van der Waals surface area contributed by atoms with Gasteiger partial charge in [0.1, 0.15) is 6.04 Å². The van der Waals surface area contributed by atoms with Crippen LogP contribution in [0.1, 0.15) is 33.1 Å². The van der Waals surface area contributed by atoms with E-state index in [0.29, 0.717) is 25.4 Å². The first-order valence-electron chi connectivity index (χ1n) is 6.20. The number of carbonyl (C=O) groups excluding carboxylic acids is 1. The minimum atomic E-state index is -0.906. The van der Waals surface area contributed by atoms with E-state index in [-0.39, 0.29) is 11.8 Å². The van der Waals surface area contributed by atoms with Gasteiger partial charge < -0.3 is 15.7 Å². The van der Waals surface area contributed by atoms with E-state index < -0.39 is 12.0 Å². The molecule has 1 aliphatic rings. The highest BCUT2D eigenvalue weighted by Gasteiger charge is 2.36. The highest BCUT2D eigenvalue weighted by Crippen LogP contribution is 2.22. The fourth-order valence-electron chi connectivity index (χ4n) is 2.39. The zero-order valence-electron chi connectivity index (χ0n) is 10.6. The molecule has 3 N–H and O–H groups in total. The average molecular weight is 242 g/mol. The van der Waals surface area contributed by atoms with Crippen molar-refractivity contribution >= 4 is 11.9 Å². The van der Waals surface area contributed by atoms with Crippen LogP contribution in [0.25, 0.3) is 0 Å². The molecule has 0 bridgehead atoms. The third-order valence-corrected chi connectivity index (χ3v) is 3.21. The van der Waals surface area contributed by atoms with E-state index in [9.17, 15) is 9.59 Å². The number of hydrogen-bond acceptors (Lipinski definition) is 3. The van der Waals surface area contributed by atoms with Crippen LogP contribution in [-0.4, -0.2) is 41.0 Å². The molecule has 17 heavy (non-hydrogen) atoms. The molecule has 0 radical (unpaired) electrons. The second-order valence-electron chi connectivity index (χ2n) is 5.09. The van der Waals surface area contributed by atoms with Crippen molar-refractivity contribution in [3.63, 3.8) is 0 Å². The van der Waals surface area contributed by atoms with Gasteiger partial charge in [-0.2, -0.15) is 0 Å². The van der Waals surface area contributed by atoms with E-state index in [1.807, 2.05) is 13.8 Å². The summed E-state index contributed by atoms with van der Waals surface area (Å²) in [6.07, 6.45) is 2.04. The predicted octanol–water partition coefficient (Wildman–Crippen LogP) is 0.683. The van der Waals surface area contributed by atoms with Gasteiger partial charge >= 0.3 is 5.97 Å². The van der Waals surface area contributed by atoms with E-state index >= 15 is 0 Å². The van der Waals surface area contributed by atoms with Gasteiger partial charge in [0.15, 0.2) is 0 Å². The number of nitrogens with zero attached hydrogens (tertiary/aromatic N) is 1. The fraction of sp³-hybridized carbons (Fsp3) is 0.833. The Hall–Kier alpha value is -1.10. The summed E-state index contributed by atoms with van der Waals surface area (Å²) < 4.78 is 0. The van der Waals surface area contributed by atoms with E-state index in [0.717, 1.165) is 12.8 Å². The molecule has 5 nitrogen and oxygen atoms in total. The summed E-state index contributed by atoms with van der Waals surface area (Å²) in [6.45, 7) is 4.91. The molecular weight excluding hydrogens is 220 g/mol. The molecule has 2 atom stereocenters. The molecule has 0 aromatic carbocycles. The Morgan fingerprint density at radius 1 is 1.47 bits per heavy atom. The highest BCUT2D eigenvalue weighted by molar-refractivity contribution is 5.85. The first kappa shape index (κ1) is 14.0. The monoisotopic (exact) mass is 242 g/mol. The van der Waals surface area contributed by atoms with Crippen molar-refractivity contribution in [2.75, 3.05) is 13.1 Å². The van der Waals surface area contributed by atoms with Crippen LogP contribution < -0.4 is 5.73 Å². The maximum Gasteiger partial charge on any atom is 0.326 e. The second kappa shape index (κ2) is 6.00. The van der Waals surface area contributed by atoms with Crippen molar-refractivity contribution in [2.45, 2.75) is 39.2 Å². The molecule has 5 heteroatoms. The van der Waals surface area contributed by atoms with Gasteiger partial charge in [0.2, 0.25) is 5.91 Å². The largest absolute Gasteiger partial charge is 0.480 e. The van der Waals surface area contributed by atoms with Crippen LogP contribution in [0.3, 0.4) is 0 Å². The quantitative estimate of drug-likeness (QED) is 0.742. The van der Waals surface area contributed by atoms with Crippen molar-refractivity contribution in [1.82, 2.24) is 4.90 Å². The topological polar surface area (TPSA) is 83.6 Å². The standard InChI is InChI=1S/C12H22N2O3/c1-8(2)6-9(7-13)11(15)14-5-3-4-10(14)12(16)17/h8-10H,3-7,13H2,1-2H3,(H,16,17)/t9?,10-/m1/s1. The molecule has 0 aromatic rings. The lowest BCUT2D eigenvalue weighted by Gasteiger charge is -2.26. The molecule has 1 rings (SSSR count). The number of rotatable bonds is 5. The number of nitrogens with two attached hydrogens (primary N) is 1. The van der Waals surface area contributed by atoms with Gasteiger partial charge in [0.05, 0.1) is 5.92 Å². The molecule has 1 unspecified atom stereocenters. The van der Waals surface area contributed by atoms with Crippen molar-refractivity contribution in [3.8, 4) is 0 Å². The molecule has 98 valence electrons. The Balaban J connectivity index is 2.69. The Morgan fingerprint density at radius 3 is 2.59 bits per heavy atom. The molecule has 1 heterocycles. The summed E-state index contributed by atoms with van der Waals surface area (Å²) >= 11 is 0. The number of aliphatic carboxylic acids is 1. The van der Waals surface area contributed by atoms with Gasteiger partial charge in [0.25, 0.3) is 0 Å². The zero-order valence-corrected chi connectivity index (χ0v) is 10.6. The Kier molecular flexibility index (Phi) is 4.93. The van der Waals surface area contributed by atoms with Crippen LogP contribution in [0.15, 0.2) is 0 Å². The van der Waals surface area contributed by atoms with E-state index in [1.54, 1.807) is 0 Å². The lowest BCUT2D eigenvalue weighted by Crippen LogP contribution is -2.45. The summed E-state index contributed by atoms with van der Waals surface area (Å²) in [5.74, 6) is -0.851. The predicted molar refractivity (Wildman–Crippen MR) is 64.4 cm³/mol. The van der Waals surface area contributed by atoms with Crippen LogP contribution in [0, 0.1) is 11.8 Å². The van der Waals surface area contributed by atoms with Crippen LogP contribution in [0.2, 0.25) is 0 Å². The zero-order chi connectivity index (χ0) is 13.0. The Bertz CT molecular complexity index is 291. The van der Waals surface area contributed by atoms with Gasteiger partial charge in [-0.1, -0.05) is 13.8 Å². The molecule has 1 amide bonds. The number of likely N-dealkylation sites (tertiary alicyclic amines) is 1. The number of carboxylic acid groups (broad SMARTS) is 1. The first-order chi connectivity index (χ1) is 7.97.